The lowest BCUT2D eigenvalue weighted by atomic mass is 9.95. The van der Waals surface area contributed by atoms with Crippen molar-refractivity contribution in [2.75, 3.05) is 0 Å². The number of hydrogen-bond donors (Lipinski definition) is 0. The maximum atomic E-state index is 11.7. The molecule has 78 valence electrons. The van der Waals surface area contributed by atoms with Crippen molar-refractivity contribution in [3.63, 3.8) is 0 Å². The van der Waals surface area contributed by atoms with Crippen LogP contribution in [0, 0.1) is 5.92 Å². The fourth-order valence-electron chi connectivity index (χ4n) is 1.65. The van der Waals surface area contributed by atoms with E-state index in [0.29, 0.717) is 12.2 Å². The van der Waals surface area contributed by atoms with Crippen LogP contribution in [0.5, 0.6) is 0 Å². The van der Waals surface area contributed by atoms with Crippen molar-refractivity contribution in [2.45, 2.75) is 39.5 Å². The Morgan fingerprint density at radius 2 is 2.14 bits per heavy atom. The van der Waals surface area contributed by atoms with Gasteiger partial charge in [0.1, 0.15) is 5.78 Å². The van der Waals surface area contributed by atoms with Gasteiger partial charge in [-0.3, -0.25) is 4.79 Å². The van der Waals surface area contributed by atoms with E-state index in [1.807, 2.05) is 6.07 Å². The van der Waals surface area contributed by atoms with E-state index in [0.717, 1.165) is 19.3 Å². The third-order valence-electron chi connectivity index (χ3n) is 2.64. The fourth-order valence-corrected chi connectivity index (χ4v) is 2.36. The lowest BCUT2D eigenvalue weighted by Crippen LogP contribution is -2.13. The molecule has 1 rings (SSSR count). The molecule has 0 saturated carbocycles. The van der Waals surface area contributed by atoms with Crippen molar-refractivity contribution in [1.82, 2.24) is 0 Å². The van der Waals surface area contributed by atoms with Crippen LogP contribution in [0.25, 0.3) is 0 Å². The van der Waals surface area contributed by atoms with E-state index in [1.54, 1.807) is 11.3 Å². The minimum Gasteiger partial charge on any atom is -0.299 e. The standard InChI is InChI=1S/C12H18OS/c1-3-10(4-2)12(13)8-7-11-6-5-9-14-11/h5-6,9-10H,3-4,7-8H2,1-2H3. The van der Waals surface area contributed by atoms with Gasteiger partial charge in [0, 0.05) is 17.2 Å². The largest absolute Gasteiger partial charge is 0.299 e. The average Bonchev–Trinajstić information content (AvgIpc) is 2.69. The topological polar surface area (TPSA) is 17.1 Å². The summed E-state index contributed by atoms with van der Waals surface area (Å²) in [6.07, 6.45) is 3.61. The van der Waals surface area contributed by atoms with Crippen LogP contribution in [0.4, 0.5) is 0 Å². The summed E-state index contributed by atoms with van der Waals surface area (Å²) >= 11 is 1.74. The Kier molecular flexibility index (Phi) is 4.88. The zero-order chi connectivity index (χ0) is 10.4. The van der Waals surface area contributed by atoms with Crippen molar-refractivity contribution in [2.24, 2.45) is 5.92 Å². The molecule has 0 fully saturated rings. The molecule has 0 aliphatic carbocycles. The zero-order valence-electron chi connectivity index (χ0n) is 8.95. The molecular formula is C12H18OS. The molecule has 0 N–H and O–H groups in total. The van der Waals surface area contributed by atoms with Crippen LogP contribution >= 0.6 is 11.3 Å². The number of hydrogen-bond acceptors (Lipinski definition) is 2. The summed E-state index contributed by atoms with van der Waals surface area (Å²) in [5, 5.41) is 2.07. The van der Waals surface area contributed by atoms with Gasteiger partial charge in [-0.25, -0.2) is 0 Å². The van der Waals surface area contributed by atoms with Gasteiger partial charge in [-0.05, 0) is 30.7 Å². The van der Waals surface area contributed by atoms with Crippen LogP contribution in [0.2, 0.25) is 0 Å². The second kappa shape index (κ2) is 5.97. The molecule has 0 bridgehead atoms. The van der Waals surface area contributed by atoms with Gasteiger partial charge in [-0.15, -0.1) is 11.3 Å². The number of ketones is 1. The van der Waals surface area contributed by atoms with Gasteiger partial charge in [0.15, 0.2) is 0 Å². The summed E-state index contributed by atoms with van der Waals surface area (Å²) in [5.41, 5.74) is 0. The highest BCUT2D eigenvalue weighted by Crippen LogP contribution is 2.15. The molecule has 14 heavy (non-hydrogen) atoms. The van der Waals surface area contributed by atoms with Gasteiger partial charge in [0.2, 0.25) is 0 Å². The molecule has 0 atom stereocenters. The molecular weight excluding hydrogens is 192 g/mol. The SMILES string of the molecule is CCC(CC)C(=O)CCc1cccs1. The summed E-state index contributed by atoms with van der Waals surface area (Å²) in [4.78, 5) is 13.0. The lowest BCUT2D eigenvalue weighted by molar-refractivity contribution is -0.123. The Morgan fingerprint density at radius 1 is 1.43 bits per heavy atom. The van der Waals surface area contributed by atoms with E-state index in [4.69, 9.17) is 0 Å². The summed E-state index contributed by atoms with van der Waals surface area (Å²) in [6, 6.07) is 4.15. The quantitative estimate of drug-likeness (QED) is 0.700. The van der Waals surface area contributed by atoms with Gasteiger partial charge < -0.3 is 0 Å². The number of Topliss-reactive ketones (excluding diaryl/α,β-unsaturated/α-hetero) is 1. The van der Waals surface area contributed by atoms with Crippen molar-refractivity contribution < 1.29 is 4.79 Å². The highest BCUT2D eigenvalue weighted by atomic mass is 32.1. The minimum absolute atomic E-state index is 0.287. The first-order valence-corrected chi connectivity index (χ1v) is 6.21. The van der Waals surface area contributed by atoms with Crippen LogP contribution < -0.4 is 0 Å². The monoisotopic (exact) mass is 210 g/mol. The Bertz CT molecular complexity index is 260. The number of carbonyl (C=O) groups excluding carboxylic acids is 1. The average molecular weight is 210 g/mol. The minimum atomic E-state index is 0.287. The predicted molar refractivity (Wildman–Crippen MR) is 61.7 cm³/mol. The first-order valence-electron chi connectivity index (χ1n) is 5.33. The van der Waals surface area contributed by atoms with Crippen molar-refractivity contribution in [1.29, 1.82) is 0 Å². The molecule has 1 aromatic heterocycles. The summed E-state index contributed by atoms with van der Waals surface area (Å²) in [5.74, 6) is 0.721. The van der Waals surface area contributed by atoms with Crippen LogP contribution in [0.3, 0.4) is 0 Å². The van der Waals surface area contributed by atoms with Gasteiger partial charge in [0.25, 0.3) is 0 Å². The predicted octanol–water partition coefficient (Wildman–Crippen LogP) is 3.69. The Hall–Kier alpha value is -0.630. The van der Waals surface area contributed by atoms with Crippen molar-refractivity contribution in [3.8, 4) is 0 Å². The van der Waals surface area contributed by atoms with E-state index < -0.39 is 0 Å². The normalized spacial score (nSPS) is 10.8. The van der Waals surface area contributed by atoms with Gasteiger partial charge >= 0.3 is 0 Å². The summed E-state index contributed by atoms with van der Waals surface area (Å²) in [6.45, 7) is 4.19. The second-order valence-corrected chi connectivity index (χ2v) is 4.59. The van der Waals surface area contributed by atoms with Crippen LogP contribution in [0.15, 0.2) is 17.5 Å². The smallest absolute Gasteiger partial charge is 0.136 e. The van der Waals surface area contributed by atoms with E-state index in [1.165, 1.54) is 4.88 Å². The molecule has 0 aliphatic heterocycles. The molecule has 0 unspecified atom stereocenters. The first kappa shape index (κ1) is 11.4. The third kappa shape index (κ3) is 3.26. The molecule has 0 amide bonds. The van der Waals surface area contributed by atoms with E-state index in [2.05, 4.69) is 25.3 Å². The summed E-state index contributed by atoms with van der Waals surface area (Å²) < 4.78 is 0. The van der Waals surface area contributed by atoms with Crippen molar-refractivity contribution >= 4 is 17.1 Å². The zero-order valence-corrected chi connectivity index (χ0v) is 9.77. The molecule has 0 saturated heterocycles. The van der Waals surface area contributed by atoms with E-state index >= 15 is 0 Å². The van der Waals surface area contributed by atoms with Gasteiger partial charge in [0.05, 0.1) is 0 Å². The number of aryl methyl sites for hydroxylation is 1. The molecule has 2 heteroatoms. The van der Waals surface area contributed by atoms with Crippen molar-refractivity contribution in [3.05, 3.63) is 22.4 Å². The van der Waals surface area contributed by atoms with Crippen LogP contribution in [-0.4, -0.2) is 5.78 Å². The van der Waals surface area contributed by atoms with E-state index in [-0.39, 0.29) is 5.92 Å². The Labute approximate surface area is 90.2 Å². The lowest BCUT2D eigenvalue weighted by Gasteiger charge is -2.09. The van der Waals surface area contributed by atoms with Gasteiger partial charge in [-0.1, -0.05) is 19.9 Å². The molecule has 0 radical (unpaired) electrons. The Morgan fingerprint density at radius 3 is 2.64 bits per heavy atom. The van der Waals surface area contributed by atoms with Crippen LogP contribution in [-0.2, 0) is 11.2 Å². The van der Waals surface area contributed by atoms with E-state index in [9.17, 15) is 4.79 Å². The number of thiophene rings is 1. The van der Waals surface area contributed by atoms with Crippen LogP contribution in [0.1, 0.15) is 38.0 Å². The summed E-state index contributed by atoms with van der Waals surface area (Å²) in [7, 11) is 0. The Balaban J connectivity index is 2.34. The fraction of sp³-hybridized carbons (Fsp3) is 0.583. The molecule has 0 aliphatic rings. The molecule has 0 aromatic carbocycles. The number of rotatable bonds is 6. The molecule has 1 heterocycles. The first-order chi connectivity index (χ1) is 6.77. The molecule has 1 nitrogen and oxygen atoms in total. The third-order valence-corrected chi connectivity index (χ3v) is 3.58. The van der Waals surface area contributed by atoms with Gasteiger partial charge in [-0.2, -0.15) is 0 Å². The molecule has 1 aromatic rings. The number of carbonyl (C=O) groups is 1. The second-order valence-electron chi connectivity index (χ2n) is 3.56. The maximum Gasteiger partial charge on any atom is 0.136 e. The maximum absolute atomic E-state index is 11.7. The highest BCUT2D eigenvalue weighted by Gasteiger charge is 2.13. The highest BCUT2D eigenvalue weighted by molar-refractivity contribution is 7.09. The molecule has 0 spiro atoms.